The van der Waals surface area contributed by atoms with Gasteiger partial charge < -0.3 is 25.4 Å². The van der Waals surface area contributed by atoms with Gasteiger partial charge in [-0.2, -0.15) is 9.90 Å². The summed E-state index contributed by atoms with van der Waals surface area (Å²) in [5, 5.41) is 17.3. The summed E-state index contributed by atoms with van der Waals surface area (Å²) < 4.78 is 11.6. The first-order chi connectivity index (χ1) is 20.8. The minimum atomic E-state index is -0.149. The monoisotopic (exact) mass is 636 g/mol. The molecule has 0 saturated heterocycles. The summed E-state index contributed by atoms with van der Waals surface area (Å²) in [6.45, 7) is 7.21. The second kappa shape index (κ2) is 46.6. The van der Waals surface area contributed by atoms with Gasteiger partial charge in [0.05, 0.1) is 19.8 Å². The first-order valence-corrected chi connectivity index (χ1v) is 18.9. The average molecular weight is 636 g/mol. The van der Waals surface area contributed by atoms with Crippen LogP contribution < -0.4 is 5.73 Å². The van der Waals surface area contributed by atoms with Crippen molar-refractivity contribution in [1.82, 2.24) is 0 Å². The zero-order valence-electron chi connectivity index (χ0n) is 29.6. The normalized spacial score (nSPS) is 11.7. The Kier molecular flexibility index (Phi) is 51.7. The Morgan fingerprint density at radius 2 is 0.744 bits per heavy atom. The predicted molar refractivity (Wildman–Crippen MR) is 196 cm³/mol. The molecule has 0 heterocycles. The van der Waals surface area contributed by atoms with Crippen molar-refractivity contribution < 1.29 is 19.7 Å². The maximum absolute atomic E-state index is 9.56. The number of aliphatic hydroxyl groups excluding tert-OH is 2. The molecule has 0 aromatic carbocycles. The second-order valence-electron chi connectivity index (χ2n) is 12.5. The molecule has 0 aromatic heterocycles. The molecule has 4 N–H and O–H groups in total. The van der Waals surface area contributed by atoms with Crippen molar-refractivity contribution in [3.8, 4) is 0 Å². The van der Waals surface area contributed by atoms with Crippen LogP contribution in [-0.2, 0) is 9.47 Å². The van der Waals surface area contributed by atoms with Crippen LogP contribution in [0.25, 0.3) is 0 Å². The zero-order valence-corrected chi connectivity index (χ0v) is 31.0. The Bertz CT molecular complexity index is 443. The van der Waals surface area contributed by atoms with Crippen LogP contribution in [0.5, 0.6) is 0 Å². The lowest BCUT2D eigenvalue weighted by Gasteiger charge is -2.15. The van der Waals surface area contributed by atoms with E-state index in [2.05, 4.69) is 13.8 Å². The van der Waals surface area contributed by atoms with Crippen molar-refractivity contribution in [2.75, 3.05) is 39.6 Å². The van der Waals surface area contributed by atoms with E-state index in [0.717, 1.165) is 26.1 Å². The summed E-state index contributed by atoms with van der Waals surface area (Å²) in [5.74, 6) is 0. The van der Waals surface area contributed by atoms with Crippen LogP contribution in [0.2, 0.25) is 0 Å². The first kappa shape index (κ1) is 47.6. The summed E-state index contributed by atoms with van der Waals surface area (Å²) in [6.07, 6.45) is 38.4. The van der Waals surface area contributed by atoms with Gasteiger partial charge in [-0.15, -0.1) is 0 Å². The van der Waals surface area contributed by atoms with Gasteiger partial charge in [0, 0.05) is 19.8 Å². The van der Waals surface area contributed by atoms with Crippen LogP contribution in [-0.4, -0.2) is 55.9 Å². The van der Waals surface area contributed by atoms with Gasteiger partial charge >= 0.3 is 0 Å². The van der Waals surface area contributed by atoms with Crippen LogP contribution in [0.15, 0.2) is 0 Å². The molecule has 264 valence electrons. The Balaban J connectivity index is -0.00000299. The van der Waals surface area contributed by atoms with Crippen molar-refractivity contribution >= 4 is 9.90 Å². The molecule has 0 rings (SSSR count). The van der Waals surface area contributed by atoms with Crippen LogP contribution in [0.4, 0.5) is 0 Å². The third-order valence-corrected chi connectivity index (χ3v) is 8.13. The highest BCUT2D eigenvalue weighted by Gasteiger charge is 2.07. The van der Waals surface area contributed by atoms with E-state index >= 15 is 0 Å². The lowest BCUT2D eigenvalue weighted by Crippen LogP contribution is -2.24. The molecule has 2 unspecified atom stereocenters. The molecule has 0 bridgehead atoms. The molecular weight excluding hydrogens is 553 g/mol. The minimum Gasteiger partial charge on any atom is -0.395 e. The first-order valence-electron chi connectivity index (χ1n) is 18.9. The molecule has 0 fully saturated rings. The molecule has 0 saturated carbocycles. The number of rotatable bonds is 35. The molecule has 0 radical (unpaired) electrons. The van der Waals surface area contributed by atoms with E-state index in [1.807, 2.05) is 0 Å². The summed E-state index contributed by atoms with van der Waals surface area (Å²) in [5.41, 5.74) is 4.78. The number of ether oxygens (including phenoxy) is 2. The van der Waals surface area contributed by atoms with Crippen molar-refractivity contribution in [3.63, 3.8) is 0 Å². The van der Waals surface area contributed by atoms with E-state index in [1.165, 1.54) is 167 Å². The Hall–Kier alpha value is 0.230. The smallest absolute Gasteiger partial charge is 0.104 e. The molecule has 0 aromatic rings. The molecule has 0 aliphatic heterocycles. The molecule has 0 amide bonds. The fraction of sp³-hybridized carbons (Fsp3) is 1.00. The quantitative estimate of drug-likeness (QED) is 0.0477. The molecule has 0 spiro atoms. The lowest BCUT2D eigenvalue weighted by molar-refractivity contribution is -0.0437. The molecule has 2 atom stereocenters. The highest BCUT2D eigenvalue weighted by Crippen LogP contribution is 2.14. The summed E-state index contributed by atoms with van der Waals surface area (Å²) >= 11 is 0. The lowest BCUT2D eigenvalue weighted by atomic mass is 10.0. The highest BCUT2D eigenvalue weighted by atomic mass is 31.0. The van der Waals surface area contributed by atoms with Gasteiger partial charge in [0.25, 0.3) is 0 Å². The van der Waals surface area contributed by atoms with E-state index in [1.54, 1.807) is 0 Å². The zero-order chi connectivity index (χ0) is 31.0. The standard InChI is InChI=1S/C35H72O3.C2H7NO.H3P/c1-3-5-7-9-11-13-15-17-19-21-23-25-27-29-31-37-34-35(33-36)38-32-30-28-26-24-22-20-18-16-14-12-10-8-6-4-2;3-1-2-4;/h35-36H,3-34H2,1-2H3;4H,1-3H2;1H3. The number of aliphatic hydroxyl groups is 2. The maximum Gasteiger partial charge on any atom is 0.104 e. The number of nitrogens with two attached hydrogens (primary N) is 1. The van der Waals surface area contributed by atoms with Crippen LogP contribution >= 0.6 is 9.90 Å². The molecule has 0 aliphatic rings. The van der Waals surface area contributed by atoms with Gasteiger partial charge in [0.15, 0.2) is 0 Å². The van der Waals surface area contributed by atoms with Crippen LogP contribution in [0.1, 0.15) is 194 Å². The van der Waals surface area contributed by atoms with Gasteiger partial charge in [0.1, 0.15) is 6.10 Å². The Morgan fingerprint density at radius 3 is 1.02 bits per heavy atom. The second-order valence-corrected chi connectivity index (χ2v) is 12.5. The van der Waals surface area contributed by atoms with Gasteiger partial charge in [-0.3, -0.25) is 0 Å². The molecule has 6 heteroatoms. The average Bonchev–Trinajstić information content (AvgIpc) is 3.01. The number of hydrogen-bond donors (Lipinski definition) is 3. The summed E-state index contributed by atoms with van der Waals surface area (Å²) in [7, 11) is 0. The topological polar surface area (TPSA) is 84.9 Å². The van der Waals surface area contributed by atoms with Gasteiger partial charge in [-0.25, -0.2) is 0 Å². The molecule has 0 aliphatic carbocycles. The maximum atomic E-state index is 9.56. The summed E-state index contributed by atoms with van der Waals surface area (Å²) in [6, 6.07) is 0. The molecule has 43 heavy (non-hydrogen) atoms. The van der Waals surface area contributed by atoms with Crippen molar-refractivity contribution in [3.05, 3.63) is 0 Å². The number of hydrogen-bond acceptors (Lipinski definition) is 5. The van der Waals surface area contributed by atoms with Crippen LogP contribution in [0.3, 0.4) is 0 Å². The number of unbranched alkanes of at least 4 members (excludes halogenated alkanes) is 26. The van der Waals surface area contributed by atoms with Gasteiger partial charge in [-0.1, -0.05) is 181 Å². The van der Waals surface area contributed by atoms with Crippen molar-refractivity contribution in [2.45, 2.75) is 200 Å². The SMILES string of the molecule is CCCCCCCCCCCCCCCCOCC(CO)OCCCCCCCCCCCCCCCC.NCCO.P. The molecular formula is C37H82NO4P. The highest BCUT2D eigenvalue weighted by molar-refractivity contribution is 6.92. The van der Waals surface area contributed by atoms with E-state index in [0.29, 0.717) is 13.2 Å². The van der Waals surface area contributed by atoms with Crippen molar-refractivity contribution in [1.29, 1.82) is 0 Å². The van der Waals surface area contributed by atoms with Crippen LogP contribution in [0, 0.1) is 0 Å². The van der Waals surface area contributed by atoms with E-state index in [9.17, 15) is 5.11 Å². The molecule has 5 nitrogen and oxygen atoms in total. The van der Waals surface area contributed by atoms with E-state index in [-0.39, 0.29) is 29.2 Å². The van der Waals surface area contributed by atoms with E-state index < -0.39 is 0 Å². The minimum absolute atomic E-state index is 0. The van der Waals surface area contributed by atoms with Gasteiger partial charge in [0.2, 0.25) is 0 Å². The Morgan fingerprint density at radius 1 is 0.465 bits per heavy atom. The van der Waals surface area contributed by atoms with Gasteiger partial charge in [-0.05, 0) is 12.8 Å². The predicted octanol–water partition coefficient (Wildman–Crippen LogP) is 10.3. The summed E-state index contributed by atoms with van der Waals surface area (Å²) in [4.78, 5) is 0. The van der Waals surface area contributed by atoms with Crippen molar-refractivity contribution in [2.24, 2.45) is 5.73 Å². The van der Waals surface area contributed by atoms with E-state index in [4.69, 9.17) is 20.3 Å². The fourth-order valence-electron chi connectivity index (χ4n) is 5.31. The Labute approximate surface area is 274 Å². The third kappa shape index (κ3) is 46.8. The third-order valence-electron chi connectivity index (χ3n) is 8.13. The fourth-order valence-corrected chi connectivity index (χ4v) is 5.31. The largest absolute Gasteiger partial charge is 0.395 e.